The Balaban J connectivity index is 1.88. The average molecular weight is 281 g/mol. The summed E-state index contributed by atoms with van der Waals surface area (Å²) in [5, 5.41) is 2.81. The molecule has 1 atom stereocenters. The zero-order valence-electron chi connectivity index (χ0n) is 12.7. The second kappa shape index (κ2) is 7.07. The first-order valence-electron chi connectivity index (χ1n) is 7.94. The molecule has 1 unspecified atom stereocenters. The maximum atomic E-state index is 12.4. The third-order valence-electron chi connectivity index (χ3n) is 4.49. The number of carbonyl (C=O) groups is 2. The molecule has 5 nitrogen and oxygen atoms in total. The van der Waals surface area contributed by atoms with E-state index >= 15 is 0 Å². The summed E-state index contributed by atoms with van der Waals surface area (Å²) in [4.78, 5) is 28.3. The minimum atomic E-state index is -0.294. The molecule has 0 spiro atoms. The van der Waals surface area contributed by atoms with Crippen LogP contribution in [0.1, 0.15) is 39.5 Å². The molecule has 2 aliphatic rings. The first kappa shape index (κ1) is 15.3. The lowest BCUT2D eigenvalue weighted by atomic mass is 9.95. The van der Waals surface area contributed by atoms with Crippen LogP contribution in [0.5, 0.6) is 0 Å². The second-order valence-electron chi connectivity index (χ2n) is 6.01. The molecule has 20 heavy (non-hydrogen) atoms. The first-order chi connectivity index (χ1) is 9.63. The fraction of sp³-hybridized carbons (Fsp3) is 0.867. The summed E-state index contributed by atoms with van der Waals surface area (Å²) in [6, 6.07) is -0.294. The van der Waals surface area contributed by atoms with Gasteiger partial charge in [-0.1, -0.05) is 20.3 Å². The number of likely N-dealkylation sites (tertiary alicyclic amines) is 1. The van der Waals surface area contributed by atoms with Crippen molar-refractivity contribution in [1.82, 2.24) is 15.1 Å². The number of rotatable bonds is 5. The van der Waals surface area contributed by atoms with E-state index in [4.69, 9.17) is 0 Å². The molecule has 0 aromatic rings. The Kier molecular flexibility index (Phi) is 5.40. The second-order valence-corrected chi connectivity index (χ2v) is 6.01. The molecule has 0 aromatic heterocycles. The standard InChI is InChI=1S/C15H27N3O2/c1-3-5-13-15(20)18(11-14(19)16-13)10-12-6-8-17(4-2)9-7-12/h12-13H,3-11H2,1-2H3,(H,16,19). The minimum Gasteiger partial charge on any atom is -0.343 e. The van der Waals surface area contributed by atoms with Gasteiger partial charge in [-0.2, -0.15) is 0 Å². The van der Waals surface area contributed by atoms with E-state index in [0.29, 0.717) is 5.92 Å². The average Bonchev–Trinajstić information content (AvgIpc) is 2.45. The summed E-state index contributed by atoms with van der Waals surface area (Å²) >= 11 is 0. The van der Waals surface area contributed by atoms with Gasteiger partial charge in [0.25, 0.3) is 0 Å². The number of amides is 2. The van der Waals surface area contributed by atoms with Crippen molar-refractivity contribution in [2.75, 3.05) is 32.7 Å². The molecule has 0 radical (unpaired) electrons. The lowest BCUT2D eigenvalue weighted by molar-refractivity contribution is -0.145. The highest BCUT2D eigenvalue weighted by Gasteiger charge is 2.33. The van der Waals surface area contributed by atoms with E-state index in [1.165, 1.54) is 0 Å². The molecular formula is C15H27N3O2. The van der Waals surface area contributed by atoms with Gasteiger partial charge >= 0.3 is 0 Å². The smallest absolute Gasteiger partial charge is 0.245 e. The Morgan fingerprint density at radius 2 is 1.90 bits per heavy atom. The Bertz CT molecular complexity index is 351. The predicted molar refractivity (Wildman–Crippen MR) is 78.3 cm³/mol. The lowest BCUT2D eigenvalue weighted by Crippen LogP contribution is -2.59. The maximum Gasteiger partial charge on any atom is 0.245 e. The SMILES string of the molecule is CCCC1NC(=O)CN(CC2CCN(CC)CC2)C1=O. The third kappa shape index (κ3) is 3.72. The van der Waals surface area contributed by atoms with E-state index in [9.17, 15) is 9.59 Å². The molecule has 114 valence electrons. The van der Waals surface area contributed by atoms with E-state index in [1.54, 1.807) is 4.90 Å². The van der Waals surface area contributed by atoms with Gasteiger partial charge in [0.1, 0.15) is 6.04 Å². The van der Waals surface area contributed by atoms with Crippen molar-refractivity contribution in [3.8, 4) is 0 Å². The van der Waals surface area contributed by atoms with E-state index in [2.05, 4.69) is 17.1 Å². The number of hydrogen-bond donors (Lipinski definition) is 1. The number of nitrogens with zero attached hydrogens (tertiary/aromatic N) is 2. The van der Waals surface area contributed by atoms with Gasteiger partial charge in [-0.15, -0.1) is 0 Å². The molecule has 2 amide bonds. The van der Waals surface area contributed by atoms with E-state index in [-0.39, 0.29) is 24.4 Å². The molecule has 2 rings (SSSR count). The van der Waals surface area contributed by atoms with Crippen LogP contribution in [0.25, 0.3) is 0 Å². The Hall–Kier alpha value is -1.10. The monoisotopic (exact) mass is 281 g/mol. The van der Waals surface area contributed by atoms with Crippen LogP contribution >= 0.6 is 0 Å². The molecule has 5 heteroatoms. The van der Waals surface area contributed by atoms with Crippen LogP contribution in [0.15, 0.2) is 0 Å². The number of nitrogens with one attached hydrogen (secondary N) is 1. The van der Waals surface area contributed by atoms with E-state index in [1.807, 2.05) is 6.92 Å². The topological polar surface area (TPSA) is 52.7 Å². The van der Waals surface area contributed by atoms with Crippen LogP contribution in [-0.4, -0.2) is 60.4 Å². The van der Waals surface area contributed by atoms with Gasteiger partial charge in [-0.3, -0.25) is 9.59 Å². The number of hydrogen-bond acceptors (Lipinski definition) is 3. The van der Waals surface area contributed by atoms with Crippen molar-refractivity contribution in [3.63, 3.8) is 0 Å². The summed E-state index contributed by atoms with van der Waals surface area (Å²) in [6.45, 7) is 8.57. The molecule has 0 bridgehead atoms. The molecule has 0 aliphatic carbocycles. The fourth-order valence-corrected chi connectivity index (χ4v) is 3.21. The van der Waals surface area contributed by atoms with Crippen molar-refractivity contribution in [2.45, 2.75) is 45.6 Å². The molecule has 2 heterocycles. The van der Waals surface area contributed by atoms with Gasteiger partial charge in [-0.25, -0.2) is 0 Å². The van der Waals surface area contributed by atoms with Crippen molar-refractivity contribution < 1.29 is 9.59 Å². The van der Waals surface area contributed by atoms with Gasteiger partial charge in [-0.05, 0) is 44.8 Å². The minimum absolute atomic E-state index is 0.00551. The summed E-state index contributed by atoms with van der Waals surface area (Å²) in [6.07, 6.45) is 3.93. The largest absolute Gasteiger partial charge is 0.343 e. The number of piperidine rings is 1. The summed E-state index contributed by atoms with van der Waals surface area (Å²) in [5.74, 6) is 0.661. The Morgan fingerprint density at radius 3 is 2.50 bits per heavy atom. The van der Waals surface area contributed by atoms with Gasteiger partial charge < -0.3 is 15.1 Å². The molecule has 2 saturated heterocycles. The normalized spacial score (nSPS) is 25.9. The zero-order chi connectivity index (χ0) is 14.5. The highest BCUT2D eigenvalue weighted by Crippen LogP contribution is 2.19. The van der Waals surface area contributed by atoms with Crippen molar-refractivity contribution in [3.05, 3.63) is 0 Å². The summed E-state index contributed by atoms with van der Waals surface area (Å²) in [5.41, 5.74) is 0. The van der Waals surface area contributed by atoms with E-state index in [0.717, 1.165) is 51.9 Å². The highest BCUT2D eigenvalue weighted by atomic mass is 16.2. The van der Waals surface area contributed by atoms with Crippen LogP contribution < -0.4 is 5.32 Å². The van der Waals surface area contributed by atoms with Gasteiger partial charge in [0.15, 0.2) is 0 Å². The van der Waals surface area contributed by atoms with Crippen LogP contribution in [0.4, 0.5) is 0 Å². The van der Waals surface area contributed by atoms with Gasteiger partial charge in [0.2, 0.25) is 11.8 Å². The predicted octanol–water partition coefficient (Wildman–Crippen LogP) is 0.845. The molecule has 0 aromatic carbocycles. The first-order valence-corrected chi connectivity index (χ1v) is 7.94. The number of carbonyl (C=O) groups excluding carboxylic acids is 2. The highest BCUT2D eigenvalue weighted by molar-refractivity contribution is 5.94. The maximum absolute atomic E-state index is 12.4. The molecule has 1 N–H and O–H groups in total. The van der Waals surface area contributed by atoms with Crippen LogP contribution in [0.3, 0.4) is 0 Å². The molecule has 2 aliphatic heterocycles. The quantitative estimate of drug-likeness (QED) is 0.812. The van der Waals surface area contributed by atoms with Gasteiger partial charge in [0.05, 0.1) is 6.54 Å². The van der Waals surface area contributed by atoms with E-state index < -0.39 is 0 Å². The lowest BCUT2D eigenvalue weighted by Gasteiger charge is -2.37. The number of piperazine rings is 1. The summed E-state index contributed by atoms with van der Waals surface area (Å²) in [7, 11) is 0. The zero-order valence-corrected chi connectivity index (χ0v) is 12.7. The summed E-state index contributed by atoms with van der Waals surface area (Å²) < 4.78 is 0. The Labute approximate surface area is 121 Å². The van der Waals surface area contributed by atoms with Crippen LogP contribution in [-0.2, 0) is 9.59 Å². The Morgan fingerprint density at radius 1 is 1.20 bits per heavy atom. The molecule has 2 fully saturated rings. The fourth-order valence-electron chi connectivity index (χ4n) is 3.21. The van der Waals surface area contributed by atoms with Crippen LogP contribution in [0.2, 0.25) is 0 Å². The molecule has 0 saturated carbocycles. The molecular weight excluding hydrogens is 254 g/mol. The van der Waals surface area contributed by atoms with Crippen molar-refractivity contribution in [2.24, 2.45) is 5.92 Å². The van der Waals surface area contributed by atoms with Crippen LogP contribution in [0, 0.1) is 5.92 Å². The van der Waals surface area contributed by atoms with Crippen molar-refractivity contribution in [1.29, 1.82) is 0 Å². The third-order valence-corrected chi connectivity index (χ3v) is 4.49. The van der Waals surface area contributed by atoms with Crippen molar-refractivity contribution >= 4 is 11.8 Å². The van der Waals surface area contributed by atoms with Gasteiger partial charge in [0, 0.05) is 6.54 Å².